The van der Waals surface area contributed by atoms with Gasteiger partial charge < -0.3 is 20.1 Å². The maximum atomic E-state index is 15.2. The molecule has 3 N–H and O–H groups in total. The predicted octanol–water partition coefficient (Wildman–Crippen LogP) is -0.262. The van der Waals surface area contributed by atoms with Crippen molar-refractivity contribution < 1.29 is 24.4 Å². The Kier molecular flexibility index (Phi) is 5.20. The fourth-order valence-corrected chi connectivity index (χ4v) is 4.09. The van der Waals surface area contributed by atoms with Crippen LogP contribution in [0, 0.1) is 5.82 Å². The molecule has 5 aromatic rings. The van der Waals surface area contributed by atoms with E-state index in [4.69, 9.17) is 20.1 Å². The fourth-order valence-electron chi connectivity index (χ4n) is 4.09. The lowest BCUT2D eigenvalue weighted by Gasteiger charge is -2.13. The lowest BCUT2D eigenvalue weighted by Crippen LogP contribution is -2.42. The molecule has 35 heavy (non-hydrogen) atoms. The van der Waals surface area contributed by atoms with E-state index < -0.39 is 17.4 Å². The summed E-state index contributed by atoms with van der Waals surface area (Å²) in [4.78, 5) is 21.7. The van der Waals surface area contributed by atoms with E-state index in [2.05, 4.69) is 15.1 Å². The number of methoxy groups -OCH3 is 1. The monoisotopic (exact) mass is 477 g/mol. The van der Waals surface area contributed by atoms with Gasteiger partial charge in [-0.25, -0.2) is 18.7 Å². The molecule has 5 rings (SSSR count). The molecule has 0 aliphatic carbocycles. The number of hydrogen-bond acceptors (Lipinski definition) is 8. The predicted molar refractivity (Wildman–Crippen MR) is 125 cm³/mol. The Morgan fingerprint density at radius 3 is 2.49 bits per heavy atom. The highest BCUT2D eigenvalue weighted by atomic mass is 19.1. The van der Waals surface area contributed by atoms with Crippen molar-refractivity contribution in [3.8, 4) is 22.7 Å². The Hall–Kier alpha value is -4.07. The number of aryl methyl sites for hydroxylation is 2. The van der Waals surface area contributed by atoms with E-state index in [1.165, 1.54) is 24.9 Å². The van der Waals surface area contributed by atoms with Crippen LogP contribution in [-0.2, 0) is 14.1 Å². The molecule has 4 aromatic heterocycles. The lowest BCUT2D eigenvalue weighted by atomic mass is 9.68. The molecule has 11 nitrogen and oxygen atoms in total. The molecular weight excluding hydrogens is 458 g/mol. The largest absolute Gasteiger partial charge is 0.496 e. The third-order valence-electron chi connectivity index (χ3n) is 5.64. The maximum absolute atomic E-state index is 15.2. The molecule has 4 heterocycles. The van der Waals surface area contributed by atoms with Gasteiger partial charge in [0, 0.05) is 49.1 Å². The van der Waals surface area contributed by atoms with Crippen molar-refractivity contribution in [3.05, 3.63) is 59.3 Å². The number of imidazole rings is 1. The van der Waals surface area contributed by atoms with Gasteiger partial charge in [-0.05, 0) is 12.1 Å². The summed E-state index contributed by atoms with van der Waals surface area (Å²) < 4.78 is 24.8. The third-order valence-corrected chi connectivity index (χ3v) is 5.64. The Labute approximate surface area is 197 Å². The molecule has 0 atom stereocenters. The molecule has 1 radical (unpaired) electrons. The van der Waals surface area contributed by atoms with Crippen LogP contribution in [0.15, 0.2) is 47.8 Å². The van der Waals surface area contributed by atoms with E-state index in [0.717, 1.165) is 22.4 Å². The average Bonchev–Trinajstić information content (AvgIpc) is 3.33. The molecule has 0 aliphatic heterocycles. The summed E-state index contributed by atoms with van der Waals surface area (Å²) in [6, 6.07) is 4.46. The number of pyridine rings is 2. The van der Waals surface area contributed by atoms with E-state index in [0.29, 0.717) is 40.5 Å². The van der Waals surface area contributed by atoms with Crippen molar-refractivity contribution in [2.75, 3.05) is 7.11 Å². The second-order valence-electron chi connectivity index (χ2n) is 8.05. The molecule has 0 amide bonds. The fraction of sp³-hybridized carbons (Fsp3) is 0.182. The van der Waals surface area contributed by atoms with Gasteiger partial charge in [-0.1, -0.05) is 5.46 Å². The smallest absolute Gasteiger partial charge is 0.334 e. The molecule has 1 aromatic carbocycles. The standard InChI is InChI=1S/C22H19BFN6O5/c1-28-10-11(7-27-28)13-5-14-16(6-18(13)35-3)25-9-17-19(14)30(21(31)29(17)2)20-15(24)4-12(8-26-20)23-22(32,33)34/h4-10,32-34H,1-3H3. The van der Waals surface area contributed by atoms with Crippen LogP contribution in [0.3, 0.4) is 0 Å². The number of ether oxygens (including phenoxy) is 1. The van der Waals surface area contributed by atoms with Crippen LogP contribution in [0.25, 0.3) is 38.9 Å². The van der Waals surface area contributed by atoms with Gasteiger partial charge in [0.1, 0.15) is 5.75 Å². The number of aliphatic hydroxyl groups is 3. The Balaban J connectivity index is 1.81. The van der Waals surface area contributed by atoms with Crippen LogP contribution in [-0.4, -0.2) is 64.5 Å². The summed E-state index contributed by atoms with van der Waals surface area (Å²) >= 11 is 0. The first kappa shape index (κ1) is 22.7. The molecule has 13 heteroatoms. The highest BCUT2D eigenvalue weighted by molar-refractivity contribution is 6.55. The van der Waals surface area contributed by atoms with Gasteiger partial charge >= 0.3 is 5.69 Å². The van der Waals surface area contributed by atoms with E-state index in [1.54, 1.807) is 30.1 Å². The summed E-state index contributed by atoms with van der Waals surface area (Å²) in [6.45, 7) is 0. The van der Waals surface area contributed by atoms with Gasteiger partial charge in [-0.15, -0.1) is 0 Å². The quantitative estimate of drug-likeness (QED) is 0.232. The third kappa shape index (κ3) is 3.85. The first-order valence-electron chi connectivity index (χ1n) is 10.3. The second-order valence-corrected chi connectivity index (χ2v) is 8.05. The summed E-state index contributed by atoms with van der Waals surface area (Å²) in [7, 11) is 5.47. The van der Waals surface area contributed by atoms with Gasteiger partial charge in [-0.2, -0.15) is 5.10 Å². The number of nitrogens with zero attached hydrogens (tertiary/aromatic N) is 6. The zero-order valence-corrected chi connectivity index (χ0v) is 18.8. The van der Waals surface area contributed by atoms with Crippen molar-refractivity contribution in [3.63, 3.8) is 0 Å². The van der Waals surface area contributed by atoms with Gasteiger partial charge in [0.2, 0.25) is 5.87 Å². The van der Waals surface area contributed by atoms with Crippen molar-refractivity contribution in [1.82, 2.24) is 28.9 Å². The van der Waals surface area contributed by atoms with Crippen LogP contribution in [0.4, 0.5) is 4.39 Å². The van der Waals surface area contributed by atoms with Crippen molar-refractivity contribution in [2.24, 2.45) is 14.1 Å². The number of benzene rings is 1. The van der Waals surface area contributed by atoms with Crippen LogP contribution < -0.4 is 15.9 Å². The van der Waals surface area contributed by atoms with Crippen LogP contribution in [0.1, 0.15) is 0 Å². The molecule has 0 saturated heterocycles. The lowest BCUT2D eigenvalue weighted by molar-refractivity contribution is -0.245. The topological polar surface area (TPSA) is 140 Å². The minimum Gasteiger partial charge on any atom is -0.496 e. The van der Waals surface area contributed by atoms with E-state index in [-0.39, 0.29) is 11.3 Å². The Morgan fingerprint density at radius 2 is 1.86 bits per heavy atom. The van der Waals surface area contributed by atoms with Gasteiger partial charge in [0.25, 0.3) is 7.28 Å². The second kappa shape index (κ2) is 8.01. The van der Waals surface area contributed by atoms with Gasteiger partial charge in [0.05, 0.1) is 36.1 Å². The van der Waals surface area contributed by atoms with E-state index in [1.807, 2.05) is 6.20 Å². The number of hydrogen-bond donors (Lipinski definition) is 3. The number of halogens is 1. The number of rotatable bonds is 5. The van der Waals surface area contributed by atoms with E-state index in [9.17, 15) is 4.79 Å². The van der Waals surface area contributed by atoms with Gasteiger partial charge in [0.15, 0.2) is 11.6 Å². The van der Waals surface area contributed by atoms with Crippen molar-refractivity contribution in [2.45, 2.75) is 5.87 Å². The molecule has 0 fully saturated rings. The Morgan fingerprint density at radius 1 is 1.09 bits per heavy atom. The molecule has 0 spiro atoms. The molecule has 0 aliphatic rings. The molecule has 0 saturated carbocycles. The normalized spacial score (nSPS) is 12.0. The molecule has 177 valence electrons. The minimum absolute atomic E-state index is 0.0952. The highest BCUT2D eigenvalue weighted by Gasteiger charge is 2.25. The van der Waals surface area contributed by atoms with E-state index >= 15 is 4.39 Å². The van der Waals surface area contributed by atoms with Crippen LogP contribution in [0.5, 0.6) is 5.75 Å². The molecule has 0 unspecified atom stereocenters. The van der Waals surface area contributed by atoms with Crippen LogP contribution in [0.2, 0.25) is 0 Å². The SMILES string of the molecule is COc1cc2ncc3c(c2cc1-c1cnn(C)c1)n(-c1ncc([B]C(O)(O)O)cc1F)c(=O)n3C. The number of aromatic nitrogens is 6. The molecular formula is C22H19BFN6O5. The van der Waals surface area contributed by atoms with Crippen molar-refractivity contribution >= 4 is 34.7 Å². The summed E-state index contributed by atoms with van der Waals surface area (Å²) in [5, 5.41) is 32.2. The Bertz CT molecular complexity index is 1670. The summed E-state index contributed by atoms with van der Waals surface area (Å²) in [5.74, 6) is -3.81. The minimum atomic E-state index is -3.14. The summed E-state index contributed by atoms with van der Waals surface area (Å²) in [6.07, 6.45) is 6.11. The zero-order valence-electron chi connectivity index (χ0n) is 18.8. The van der Waals surface area contributed by atoms with Gasteiger partial charge in [-0.3, -0.25) is 14.2 Å². The zero-order chi connectivity index (χ0) is 25.1. The number of fused-ring (bicyclic) bond motifs is 3. The molecule has 0 bridgehead atoms. The average molecular weight is 477 g/mol. The van der Waals surface area contributed by atoms with Crippen LogP contribution >= 0.6 is 0 Å². The maximum Gasteiger partial charge on any atom is 0.334 e. The van der Waals surface area contributed by atoms with Crippen molar-refractivity contribution in [1.29, 1.82) is 0 Å². The summed E-state index contributed by atoms with van der Waals surface area (Å²) in [5.41, 5.74) is 2.16. The first-order valence-corrected chi connectivity index (χ1v) is 10.3. The first-order chi connectivity index (χ1) is 16.6. The highest BCUT2D eigenvalue weighted by Crippen LogP contribution is 2.36.